The van der Waals surface area contributed by atoms with Crippen LogP contribution in [0.2, 0.25) is 0 Å². The Morgan fingerprint density at radius 1 is 0.349 bits per heavy atom. The molecule has 0 radical (unpaired) electrons. The summed E-state index contributed by atoms with van der Waals surface area (Å²) in [6, 6.07) is 116. The van der Waals surface area contributed by atoms with Crippen LogP contribution in [0.25, 0.3) is 82.8 Å². The van der Waals surface area contributed by atoms with Gasteiger partial charge in [-0.2, -0.15) is 0 Å². The van der Waals surface area contributed by atoms with E-state index >= 15 is 0 Å². The number of aromatic nitrogens is 1. The van der Waals surface area contributed by atoms with Crippen LogP contribution in [0.3, 0.4) is 0 Å². The Hall–Kier alpha value is -10.8. The third kappa shape index (κ3) is 7.33. The van der Waals surface area contributed by atoms with Crippen molar-refractivity contribution in [2.75, 3.05) is 4.90 Å². The maximum Gasteiger partial charge on any atom is 0.0734 e. The van der Waals surface area contributed by atoms with Gasteiger partial charge in [0.2, 0.25) is 0 Å². The van der Waals surface area contributed by atoms with Crippen LogP contribution in [0, 0.1) is 5.92 Å². The molecule has 0 aliphatic heterocycles. The first-order valence-electron chi connectivity index (χ1n) is 30.2. The predicted octanol–water partition coefficient (Wildman–Crippen LogP) is 21.6. The van der Waals surface area contributed by atoms with Gasteiger partial charge < -0.3 is 9.47 Å². The minimum Gasteiger partial charge on any atom is -0.310 e. The van der Waals surface area contributed by atoms with E-state index in [1.165, 1.54) is 111 Å². The van der Waals surface area contributed by atoms with Crippen molar-refractivity contribution >= 4 is 49.6 Å². The van der Waals surface area contributed by atoms with E-state index in [0.717, 1.165) is 34.6 Å². The molecule has 404 valence electrons. The van der Waals surface area contributed by atoms with Crippen molar-refractivity contribution in [1.82, 2.24) is 4.57 Å². The number of fused-ring (bicyclic) bond motifs is 10. The molecule has 17 rings (SSSR count). The maximum atomic E-state index is 2.56. The summed E-state index contributed by atoms with van der Waals surface area (Å²) in [6.07, 6.45) is 10.2. The second kappa shape index (κ2) is 19.9. The molecule has 14 aromatic rings. The number of para-hydroxylation sites is 1. The average Bonchev–Trinajstić information content (AvgIpc) is 1.59. The Balaban J connectivity index is 0.823. The van der Waals surface area contributed by atoms with Crippen LogP contribution < -0.4 is 4.90 Å². The number of hydrogen-bond acceptors (Lipinski definition) is 1. The molecule has 0 spiro atoms. The molecule has 2 atom stereocenters. The van der Waals surface area contributed by atoms with Gasteiger partial charge in [-0.15, -0.1) is 0 Å². The highest BCUT2D eigenvalue weighted by molar-refractivity contribution is 6.11. The van der Waals surface area contributed by atoms with Crippen LogP contribution in [0.15, 0.2) is 334 Å². The summed E-state index contributed by atoms with van der Waals surface area (Å²) in [5, 5.41) is 4.86. The van der Waals surface area contributed by atoms with Crippen molar-refractivity contribution in [1.29, 1.82) is 0 Å². The Kier molecular flexibility index (Phi) is 11.5. The van der Waals surface area contributed by atoms with E-state index in [0.29, 0.717) is 0 Å². The fraction of sp³-hybridized carbons (Fsp3) is 0.0476. The van der Waals surface area contributed by atoms with E-state index in [-0.39, 0.29) is 5.92 Å². The van der Waals surface area contributed by atoms with Gasteiger partial charge in [0.25, 0.3) is 0 Å². The van der Waals surface area contributed by atoms with Gasteiger partial charge in [-0.05, 0) is 144 Å². The number of rotatable bonds is 10. The lowest BCUT2D eigenvalue weighted by atomic mass is 9.62. The molecule has 0 fully saturated rings. The van der Waals surface area contributed by atoms with Gasteiger partial charge in [-0.1, -0.05) is 285 Å². The summed E-state index contributed by atoms with van der Waals surface area (Å²) >= 11 is 0. The lowest BCUT2D eigenvalue weighted by Gasteiger charge is -2.40. The molecule has 0 amide bonds. The quantitative estimate of drug-likeness (QED) is 0.132. The van der Waals surface area contributed by atoms with Crippen LogP contribution in [0.1, 0.15) is 45.4 Å². The molecular weight excluding hydrogens is 1040 g/mol. The summed E-state index contributed by atoms with van der Waals surface area (Å²) in [4.78, 5) is 2.49. The molecule has 2 unspecified atom stereocenters. The minimum atomic E-state index is -0.578. The summed E-state index contributed by atoms with van der Waals surface area (Å²) in [6.45, 7) is 0. The third-order valence-corrected chi connectivity index (χ3v) is 19.1. The molecule has 86 heavy (non-hydrogen) atoms. The fourth-order valence-corrected chi connectivity index (χ4v) is 15.6. The molecule has 0 saturated heterocycles. The van der Waals surface area contributed by atoms with Gasteiger partial charge in [0.1, 0.15) is 0 Å². The standard InChI is InChI=1S/C84H58N2/c1-5-27-60(28-6-1)83(61-29-7-2-8-30-61)75-42-20-17-38-69(75)71-54-52-65(56-77(71)83)85(78-45-23-26-57-25-13-14-37-68(57)78)64-50-47-58(48-51-64)66-35-15-16-36-67(66)59-49-53-73-72-40-19-22-44-79(72)86(81(73)55-59)80-46-24-41-74-70-39-18-21-43-76(70)84(82(74)80,62-31-9-3-10-32-62)63-33-11-4-12-34-63/h1-29,31-56,61H,30H2. The summed E-state index contributed by atoms with van der Waals surface area (Å²) < 4.78 is 2.56. The van der Waals surface area contributed by atoms with E-state index in [2.05, 4.69) is 343 Å². The Bertz CT molecular complexity index is 4980. The third-order valence-electron chi connectivity index (χ3n) is 19.1. The first-order chi connectivity index (χ1) is 42.7. The molecule has 2 heteroatoms. The number of hydrogen-bond donors (Lipinski definition) is 0. The van der Waals surface area contributed by atoms with E-state index in [1.807, 2.05) is 0 Å². The molecule has 3 aliphatic carbocycles. The SMILES string of the molecule is C1=CCC(C2(c3ccccc3)c3ccccc3-c3ccc(N(c4ccc(-c5ccccc5-c5ccc6c7ccccc7n(-c7cccc8c7C(c7ccccc7)(c7ccccc7)c7ccccc7-8)c6c5)cc4)c4cccc5ccccc45)cc32)C=C1. The molecule has 2 nitrogen and oxygen atoms in total. The highest BCUT2D eigenvalue weighted by Crippen LogP contribution is 2.61. The molecule has 1 heterocycles. The molecule has 0 saturated carbocycles. The van der Waals surface area contributed by atoms with Crippen molar-refractivity contribution in [3.63, 3.8) is 0 Å². The van der Waals surface area contributed by atoms with Crippen molar-refractivity contribution in [3.8, 4) is 50.2 Å². The first-order valence-corrected chi connectivity index (χ1v) is 30.2. The highest BCUT2D eigenvalue weighted by atomic mass is 15.1. The summed E-state index contributed by atoms with van der Waals surface area (Å²) in [5.41, 5.74) is 24.8. The molecule has 13 aromatic carbocycles. The predicted molar refractivity (Wildman–Crippen MR) is 359 cm³/mol. The minimum absolute atomic E-state index is 0.220. The monoisotopic (exact) mass is 1090 g/mol. The number of nitrogens with zero attached hydrogens (tertiary/aromatic N) is 2. The van der Waals surface area contributed by atoms with Gasteiger partial charge in [-0.3, -0.25) is 0 Å². The van der Waals surface area contributed by atoms with Crippen molar-refractivity contribution in [2.45, 2.75) is 17.3 Å². The number of anilines is 3. The second-order valence-corrected chi connectivity index (χ2v) is 23.3. The Morgan fingerprint density at radius 3 is 1.63 bits per heavy atom. The van der Waals surface area contributed by atoms with Gasteiger partial charge in [-0.25, -0.2) is 0 Å². The zero-order valence-electron chi connectivity index (χ0n) is 47.4. The van der Waals surface area contributed by atoms with E-state index < -0.39 is 10.8 Å². The van der Waals surface area contributed by atoms with Gasteiger partial charge in [0, 0.05) is 33.1 Å². The maximum absolute atomic E-state index is 2.56. The van der Waals surface area contributed by atoms with Gasteiger partial charge in [0.05, 0.1) is 33.2 Å². The second-order valence-electron chi connectivity index (χ2n) is 23.3. The van der Waals surface area contributed by atoms with Crippen molar-refractivity contribution in [3.05, 3.63) is 373 Å². The van der Waals surface area contributed by atoms with Crippen LogP contribution in [0.5, 0.6) is 0 Å². The molecule has 0 bridgehead atoms. The summed E-state index contributed by atoms with van der Waals surface area (Å²) in [5.74, 6) is 0.220. The highest BCUT2D eigenvalue weighted by Gasteiger charge is 2.50. The number of benzene rings is 13. The average molecular weight is 1100 g/mol. The van der Waals surface area contributed by atoms with Crippen molar-refractivity contribution in [2.24, 2.45) is 5.92 Å². The van der Waals surface area contributed by atoms with Gasteiger partial charge in [0.15, 0.2) is 0 Å². The van der Waals surface area contributed by atoms with E-state index in [9.17, 15) is 0 Å². The smallest absolute Gasteiger partial charge is 0.0734 e. The Labute approximate surface area is 502 Å². The van der Waals surface area contributed by atoms with Crippen LogP contribution in [-0.2, 0) is 10.8 Å². The first kappa shape index (κ1) is 49.8. The normalized spacial score (nSPS) is 16.0. The topological polar surface area (TPSA) is 8.17 Å². The van der Waals surface area contributed by atoms with Crippen molar-refractivity contribution < 1.29 is 0 Å². The number of allylic oxidation sites excluding steroid dienone is 4. The Morgan fingerprint density at radius 2 is 0.895 bits per heavy atom. The zero-order valence-corrected chi connectivity index (χ0v) is 47.4. The zero-order chi connectivity index (χ0) is 56.8. The fourth-order valence-electron chi connectivity index (χ4n) is 15.6. The molecule has 3 aliphatic rings. The molecule has 1 aromatic heterocycles. The van der Waals surface area contributed by atoms with Crippen LogP contribution in [-0.4, -0.2) is 4.57 Å². The lowest BCUT2D eigenvalue weighted by molar-refractivity contribution is 0.457. The summed E-state index contributed by atoms with van der Waals surface area (Å²) in [7, 11) is 0. The molecule has 0 N–H and O–H groups in total. The van der Waals surface area contributed by atoms with E-state index in [1.54, 1.807) is 0 Å². The largest absolute Gasteiger partial charge is 0.310 e. The molecular formula is C84H58N2. The lowest BCUT2D eigenvalue weighted by Crippen LogP contribution is -2.35. The van der Waals surface area contributed by atoms with Crippen LogP contribution in [0.4, 0.5) is 17.1 Å². The van der Waals surface area contributed by atoms with Crippen LogP contribution >= 0.6 is 0 Å². The van der Waals surface area contributed by atoms with Gasteiger partial charge >= 0.3 is 0 Å². The van der Waals surface area contributed by atoms with E-state index in [4.69, 9.17) is 0 Å².